The lowest BCUT2D eigenvalue weighted by atomic mass is 10.1. The summed E-state index contributed by atoms with van der Waals surface area (Å²) in [5, 5.41) is 0. The number of hydrogen-bond donors (Lipinski definition) is 1. The molecule has 0 fully saturated rings. The van der Waals surface area contributed by atoms with Crippen LogP contribution in [0.15, 0.2) is 64.5 Å². The third-order valence-electron chi connectivity index (χ3n) is 5.44. The lowest BCUT2D eigenvalue weighted by molar-refractivity contribution is -0.142. The Balaban J connectivity index is 1.37. The van der Waals surface area contributed by atoms with Gasteiger partial charge in [0.2, 0.25) is 5.78 Å². The second kappa shape index (κ2) is 9.22. The Morgan fingerprint density at radius 3 is 2.56 bits per heavy atom. The van der Waals surface area contributed by atoms with Crippen LogP contribution in [0.25, 0.3) is 5.69 Å². The molecule has 1 aliphatic heterocycles. The third kappa shape index (κ3) is 4.49. The minimum Gasteiger partial charge on any atom is -0.457 e. The molecule has 1 N–H and O–H groups in total. The first-order valence-electron chi connectivity index (χ1n) is 10.5. The number of para-hydroxylation sites is 1. The Hall–Kier alpha value is -3.79. The van der Waals surface area contributed by atoms with E-state index in [4.69, 9.17) is 4.74 Å². The molecule has 0 saturated carbocycles. The number of sulfonamides is 1. The van der Waals surface area contributed by atoms with Crippen molar-refractivity contribution in [3.63, 3.8) is 0 Å². The number of nitrogens with zero attached hydrogens (tertiary/aromatic N) is 2. The molecule has 0 bridgehead atoms. The zero-order chi connectivity index (χ0) is 24.5. The fourth-order valence-electron chi connectivity index (χ4n) is 3.86. The molecule has 0 amide bonds. The first-order valence-corrected chi connectivity index (χ1v) is 12.0. The fourth-order valence-corrected chi connectivity index (χ4v) is 5.11. The lowest BCUT2D eigenvalue weighted by Gasteiger charge is -2.10. The Morgan fingerprint density at radius 1 is 1.09 bits per heavy atom. The maximum atomic E-state index is 14.2. The molecule has 176 valence electrons. The van der Waals surface area contributed by atoms with E-state index < -0.39 is 34.2 Å². The number of Topliss-reactive ketones (excluding diaryl/α,β-unsaturated/α-hetero) is 1. The highest BCUT2D eigenvalue weighted by Crippen LogP contribution is 2.24. The second-order valence-electron chi connectivity index (χ2n) is 7.74. The van der Waals surface area contributed by atoms with E-state index in [2.05, 4.69) is 9.71 Å². The van der Waals surface area contributed by atoms with Crippen molar-refractivity contribution >= 4 is 27.6 Å². The van der Waals surface area contributed by atoms with Crippen LogP contribution < -0.4 is 4.72 Å². The van der Waals surface area contributed by atoms with Crippen molar-refractivity contribution in [2.75, 3.05) is 13.2 Å². The first kappa shape index (κ1) is 23.4. The van der Waals surface area contributed by atoms with Crippen LogP contribution in [-0.2, 0) is 19.6 Å². The monoisotopic (exact) mass is 483 g/mol. The summed E-state index contributed by atoms with van der Waals surface area (Å²) in [6.45, 7) is 2.98. The van der Waals surface area contributed by atoms with Crippen LogP contribution in [0.5, 0.6) is 0 Å². The van der Waals surface area contributed by atoms with E-state index in [1.807, 2.05) is 0 Å². The number of ketones is 1. The van der Waals surface area contributed by atoms with Crippen molar-refractivity contribution in [3.05, 3.63) is 82.9 Å². The number of carbonyl (C=O) groups is 2. The van der Waals surface area contributed by atoms with Crippen molar-refractivity contribution < 1.29 is 27.1 Å². The number of fused-ring (bicyclic) bond motifs is 1. The number of halogens is 1. The maximum Gasteiger partial charge on any atom is 0.308 e. The van der Waals surface area contributed by atoms with Gasteiger partial charge in [-0.15, -0.1) is 0 Å². The minimum absolute atomic E-state index is 0.0129. The van der Waals surface area contributed by atoms with Crippen LogP contribution in [0.2, 0.25) is 0 Å². The normalized spacial score (nSPS) is 15.1. The topological polar surface area (TPSA) is 107 Å². The van der Waals surface area contributed by atoms with Gasteiger partial charge >= 0.3 is 5.97 Å². The number of hydrogen-bond acceptors (Lipinski definition) is 6. The number of aromatic nitrogens is 1. The number of amidine groups is 1. The molecule has 0 radical (unpaired) electrons. The molecule has 10 heteroatoms. The average molecular weight is 484 g/mol. The van der Waals surface area contributed by atoms with Crippen LogP contribution in [0, 0.1) is 19.7 Å². The van der Waals surface area contributed by atoms with Gasteiger partial charge in [0.1, 0.15) is 11.7 Å². The minimum atomic E-state index is -3.65. The van der Waals surface area contributed by atoms with E-state index in [1.165, 1.54) is 12.1 Å². The largest absolute Gasteiger partial charge is 0.457 e. The van der Waals surface area contributed by atoms with Crippen LogP contribution in [0.4, 0.5) is 4.39 Å². The van der Waals surface area contributed by atoms with E-state index >= 15 is 0 Å². The summed E-state index contributed by atoms with van der Waals surface area (Å²) >= 11 is 0. The van der Waals surface area contributed by atoms with Crippen molar-refractivity contribution in [1.82, 2.24) is 9.29 Å². The average Bonchev–Trinajstić information content (AvgIpc) is 3.25. The first-order chi connectivity index (χ1) is 16.2. The number of nitrogens with one attached hydrogen (secondary N) is 1. The van der Waals surface area contributed by atoms with Crippen molar-refractivity contribution in [1.29, 1.82) is 0 Å². The Morgan fingerprint density at radius 2 is 1.79 bits per heavy atom. The summed E-state index contributed by atoms with van der Waals surface area (Å²) in [5.74, 6) is -1.30. The van der Waals surface area contributed by atoms with Gasteiger partial charge in [-0.3, -0.25) is 19.3 Å². The van der Waals surface area contributed by atoms with E-state index in [-0.39, 0.29) is 23.7 Å². The molecule has 0 spiro atoms. The number of aryl methyl sites for hydroxylation is 1. The Kier molecular flexibility index (Phi) is 6.34. The zero-order valence-corrected chi connectivity index (χ0v) is 19.4. The molecule has 4 rings (SSSR count). The zero-order valence-electron chi connectivity index (χ0n) is 18.5. The second-order valence-corrected chi connectivity index (χ2v) is 9.39. The predicted octanol–water partition coefficient (Wildman–Crippen LogP) is 3.09. The highest BCUT2D eigenvalue weighted by atomic mass is 32.2. The van der Waals surface area contributed by atoms with Crippen LogP contribution in [0.1, 0.15) is 33.7 Å². The number of esters is 1. The molecule has 34 heavy (non-hydrogen) atoms. The molecular weight excluding hydrogens is 461 g/mol. The molecular formula is C24H22FN3O5S. The van der Waals surface area contributed by atoms with Crippen molar-refractivity contribution in [3.8, 4) is 5.69 Å². The summed E-state index contributed by atoms with van der Waals surface area (Å²) in [4.78, 5) is 29.1. The highest BCUT2D eigenvalue weighted by molar-refractivity contribution is 7.90. The van der Waals surface area contributed by atoms with Gasteiger partial charge in [0.25, 0.3) is 10.0 Å². The summed E-state index contributed by atoms with van der Waals surface area (Å²) < 4.78 is 47.5. The third-order valence-corrected chi connectivity index (χ3v) is 6.83. The van der Waals surface area contributed by atoms with Gasteiger partial charge < -0.3 is 9.30 Å². The van der Waals surface area contributed by atoms with Gasteiger partial charge in [-0.2, -0.15) is 0 Å². The summed E-state index contributed by atoms with van der Waals surface area (Å²) in [6, 6.07) is 14.3. The molecule has 2 heterocycles. The number of rotatable bonds is 7. The highest BCUT2D eigenvalue weighted by Gasteiger charge is 2.30. The summed E-state index contributed by atoms with van der Waals surface area (Å²) in [6.07, 6.45) is -0.130. The SMILES string of the molecule is Cc1cc(C(=O)COC(=O)CCN=C2NS(=O)(=O)c3ccccc32)c(C)n1-c1ccccc1F. The molecule has 1 aliphatic rings. The van der Waals surface area contributed by atoms with Gasteiger partial charge in [-0.25, -0.2) is 12.8 Å². The van der Waals surface area contributed by atoms with Crippen LogP contribution in [-0.4, -0.2) is 43.7 Å². The fraction of sp³-hybridized carbons (Fsp3) is 0.208. The molecule has 2 aromatic carbocycles. The molecule has 1 aromatic heterocycles. The molecule has 0 saturated heterocycles. The van der Waals surface area contributed by atoms with E-state index in [0.717, 1.165) is 0 Å². The van der Waals surface area contributed by atoms with Crippen LogP contribution >= 0.6 is 0 Å². The molecule has 0 unspecified atom stereocenters. The van der Waals surface area contributed by atoms with Gasteiger partial charge in [0, 0.05) is 22.5 Å². The molecule has 0 aliphatic carbocycles. The van der Waals surface area contributed by atoms with Crippen molar-refractivity contribution in [2.24, 2.45) is 4.99 Å². The van der Waals surface area contributed by atoms with Gasteiger partial charge in [0.05, 0.1) is 23.5 Å². The number of ether oxygens (including phenoxy) is 1. The number of carbonyl (C=O) groups excluding carboxylic acids is 2. The van der Waals surface area contributed by atoms with Crippen LogP contribution in [0.3, 0.4) is 0 Å². The van der Waals surface area contributed by atoms with Gasteiger partial charge in [-0.05, 0) is 44.2 Å². The van der Waals surface area contributed by atoms with E-state index in [9.17, 15) is 22.4 Å². The molecule has 3 aromatic rings. The predicted molar refractivity (Wildman–Crippen MR) is 123 cm³/mol. The Labute approximate surface area is 196 Å². The van der Waals surface area contributed by atoms with Gasteiger partial charge in [-0.1, -0.05) is 24.3 Å². The van der Waals surface area contributed by atoms with E-state index in [0.29, 0.717) is 28.2 Å². The molecule has 8 nitrogen and oxygen atoms in total. The lowest BCUT2D eigenvalue weighted by Crippen LogP contribution is -2.22. The standard InChI is InChI=1S/C24H22FN3O5S/c1-15-13-18(16(2)28(15)20-9-5-4-8-19(20)25)21(29)14-33-23(30)11-12-26-24-17-7-3-6-10-22(17)34(31,32)27-24/h3-10,13H,11-12,14H2,1-2H3,(H,26,27). The number of benzene rings is 2. The van der Waals surface area contributed by atoms with Crippen molar-refractivity contribution in [2.45, 2.75) is 25.2 Å². The molecule has 0 atom stereocenters. The van der Waals surface area contributed by atoms with Gasteiger partial charge in [0.15, 0.2) is 6.61 Å². The maximum absolute atomic E-state index is 14.2. The Bertz CT molecular complexity index is 1430. The quantitative estimate of drug-likeness (QED) is 0.411. The summed E-state index contributed by atoms with van der Waals surface area (Å²) in [5.41, 5.74) is 2.33. The summed E-state index contributed by atoms with van der Waals surface area (Å²) in [7, 11) is -3.65. The van der Waals surface area contributed by atoms with E-state index in [1.54, 1.807) is 60.9 Å². The number of aliphatic imine (C=N–C) groups is 1. The smallest absolute Gasteiger partial charge is 0.308 e.